The molecular formula is C24H27N5O2S. The largest absolute Gasteiger partial charge is 0.493 e. The predicted octanol–water partition coefficient (Wildman–Crippen LogP) is 4.11. The third kappa shape index (κ3) is 4.55. The van der Waals surface area contributed by atoms with Crippen molar-refractivity contribution in [2.24, 2.45) is 13.0 Å². The first-order valence-corrected chi connectivity index (χ1v) is 11.7. The number of aromatic nitrogens is 3. The van der Waals surface area contributed by atoms with Gasteiger partial charge in [-0.25, -0.2) is 9.97 Å². The van der Waals surface area contributed by atoms with Crippen molar-refractivity contribution in [2.75, 3.05) is 19.4 Å². The quantitative estimate of drug-likeness (QED) is 0.377. The van der Waals surface area contributed by atoms with Crippen LogP contribution in [0.5, 0.6) is 5.75 Å². The molecule has 0 atom stereocenters. The molecule has 7 nitrogen and oxygen atoms in total. The van der Waals surface area contributed by atoms with E-state index in [1.165, 1.54) is 19.1 Å². The molecule has 0 radical (unpaired) electrons. The van der Waals surface area contributed by atoms with Gasteiger partial charge in [0.1, 0.15) is 5.75 Å². The van der Waals surface area contributed by atoms with E-state index in [4.69, 9.17) is 15.1 Å². The molecule has 166 valence electrons. The normalized spacial score (nSPS) is 13.9. The summed E-state index contributed by atoms with van der Waals surface area (Å²) < 4.78 is 7.77. The zero-order chi connectivity index (χ0) is 22.7. The van der Waals surface area contributed by atoms with Gasteiger partial charge >= 0.3 is 0 Å². The van der Waals surface area contributed by atoms with Gasteiger partial charge in [0.25, 0.3) is 5.56 Å². The van der Waals surface area contributed by atoms with E-state index in [9.17, 15) is 4.79 Å². The summed E-state index contributed by atoms with van der Waals surface area (Å²) in [5.74, 6) is 2.76. The fourth-order valence-corrected chi connectivity index (χ4v) is 4.20. The molecule has 0 bridgehead atoms. The molecule has 4 rings (SSSR count). The highest BCUT2D eigenvalue weighted by molar-refractivity contribution is 7.99. The summed E-state index contributed by atoms with van der Waals surface area (Å²) in [6.45, 7) is 2.82. The third-order valence-corrected chi connectivity index (χ3v) is 6.23. The Hall–Kier alpha value is -3.13. The Morgan fingerprint density at radius 3 is 2.88 bits per heavy atom. The third-order valence-electron chi connectivity index (χ3n) is 5.35. The SMILES string of the molecule is CCSc1ccc(OCC2CC2)c(-c2cn(C)c(=O)c3cnc(/C(C=N)=C/NC)nc23)c1. The standard InChI is InChI=1S/C24H27N5O2S/c1-4-32-17-7-8-21(31-14-15-5-6-15)18(9-17)20-13-29(3)24(30)19-12-27-23(28-22(19)20)16(10-25)11-26-2/h7-13,15,25-26H,4-6,14H2,1-3H3/b16-11+,25-10?. The van der Waals surface area contributed by atoms with Crippen molar-refractivity contribution in [3.8, 4) is 16.9 Å². The summed E-state index contributed by atoms with van der Waals surface area (Å²) in [5, 5.41) is 11.1. The van der Waals surface area contributed by atoms with Crippen molar-refractivity contribution in [1.29, 1.82) is 5.41 Å². The van der Waals surface area contributed by atoms with Gasteiger partial charge in [0.2, 0.25) is 0 Å². The zero-order valence-electron chi connectivity index (χ0n) is 18.5. The predicted molar refractivity (Wildman–Crippen MR) is 131 cm³/mol. The molecule has 0 saturated heterocycles. The lowest BCUT2D eigenvalue weighted by Gasteiger charge is -2.16. The second-order valence-corrected chi connectivity index (χ2v) is 9.13. The Kier molecular flexibility index (Phi) is 6.60. The van der Waals surface area contributed by atoms with Crippen molar-refractivity contribution in [1.82, 2.24) is 19.9 Å². The molecule has 3 aromatic rings. The van der Waals surface area contributed by atoms with E-state index in [1.807, 2.05) is 12.3 Å². The van der Waals surface area contributed by atoms with Crippen molar-refractivity contribution in [3.05, 3.63) is 53.0 Å². The number of aryl methyl sites for hydroxylation is 1. The molecule has 1 fully saturated rings. The van der Waals surface area contributed by atoms with Crippen molar-refractivity contribution < 1.29 is 4.74 Å². The van der Waals surface area contributed by atoms with E-state index in [0.29, 0.717) is 34.8 Å². The molecule has 0 aliphatic heterocycles. The highest BCUT2D eigenvalue weighted by Crippen LogP contribution is 2.38. The van der Waals surface area contributed by atoms with Gasteiger partial charge in [0.05, 0.1) is 23.1 Å². The summed E-state index contributed by atoms with van der Waals surface area (Å²) in [6, 6.07) is 6.20. The van der Waals surface area contributed by atoms with Crippen molar-refractivity contribution >= 4 is 34.5 Å². The number of hydrogen-bond donors (Lipinski definition) is 2. The first kappa shape index (κ1) is 22.1. The molecular weight excluding hydrogens is 422 g/mol. The van der Waals surface area contributed by atoms with Crippen LogP contribution < -0.4 is 15.6 Å². The minimum absolute atomic E-state index is 0.163. The lowest BCUT2D eigenvalue weighted by atomic mass is 10.0. The number of thioether (sulfide) groups is 1. The van der Waals surface area contributed by atoms with Gasteiger partial charge in [-0.2, -0.15) is 0 Å². The Labute approximate surface area is 191 Å². The highest BCUT2D eigenvalue weighted by atomic mass is 32.2. The maximum absolute atomic E-state index is 12.8. The zero-order valence-corrected chi connectivity index (χ0v) is 19.3. The summed E-state index contributed by atoms with van der Waals surface area (Å²) in [6.07, 6.45) is 8.64. The van der Waals surface area contributed by atoms with Gasteiger partial charge in [-0.1, -0.05) is 6.92 Å². The minimum Gasteiger partial charge on any atom is -0.493 e. The molecule has 1 saturated carbocycles. The number of nitrogens with one attached hydrogen (secondary N) is 2. The molecule has 1 aromatic carbocycles. The average Bonchev–Trinajstić information content (AvgIpc) is 3.63. The molecule has 0 spiro atoms. The van der Waals surface area contributed by atoms with Crippen LogP contribution in [0, 0.1) is 11.3 Å². The number of fused-ring (bicyclic) bond motifs is 1. The molecule has 0 unspecified atom stereocenters. The van der Waals surface area contributed by atoms with E-state index in [-0.39, 0.29) is 5.56 Å². The Bertz CT molecular complexity index is 1250. The van der Waals surface area contributed by atoms with Crippen LogP contribution in [0.25, 0.3) is 27.6 Å². The van der Waals surface area contributed by atoms with E-state index in [1.54, 1.807) is 42.8 Å². The van der Waals surface area contributed by atoms with Crippen LogP contribution >= 0.6 is 11.8 Å². The van der Waals surface area contributed by atoms with Crippen LogP contribution in [0.2, 0.25) is 0 Å². The topological polar surface area (TPSA) is 92.9 Å². The Morgan fingerprint density at radius 2 is 2.19 bits per heavy atom. The van der Waals surface area contributed by atoms with E-state index in [2.05, 4.69) is 29.4 Å². The van der Waals surface area contributed by atoms with Gasteiger partial charge in [0.15, 0.2) is 5.82 Å². The number of benzene rings is 1. The summed E-state index contributed by atoms with van der Waals surface area (Å²) in [5.41, 5.74) is 2.63. The van der Waals surface area contributed by atoms with Gasteiger partial charge in [-0.15, -0.1) is 11.8 Å². The Morgan fingerprint density at radius 1 is 1.38 bits per heavy atom. The monoisotopic (exact) mass is 449 g/mol. The lowest BCUT2D eigenvalue weighted by Crippen LogP contribution is -2.18. The minimum atomic E-state index is -0.163. The van der Waals surface area contributed by atoms with Crippen LogP contribution in [0.3, 0.4) is 0 Å². The maximum atomic E-state index is 12.8. The first-order valence-electron chi connectivity index (χ1n) is 10.7. The van der Waals surface area contributed by atoms with Crippen LogP contribution in [0.15, 0.2) is 46.5 Å². The van der Waals surface area contributed by atoms with E-state index in [0.717, 1.165) is 27.5 Å². The first-order chi connectivity index (χ1) is 15.5. The summed E-state index contributed by atoms with van der Waals surface area (Å²) in [7, 11) is 3.49. The summed E-state index contributed by atoms with van der Waals surface area (Å²) >= 11 is 1.76. The van der Waals surface area contributed by atoms with E-state index < -0.39 is 0 Å². The lowest BCUT2D eigenvalue weighted by molar-refractivity contribution is 0.301. The van der Waals surface area contributed by atoms with Crippen LogP contribution in [-0.4, -0.2) is 40.2 Å². The van der Waals surface area contributed by atoms with Crippen LogP contribution in [0.1, 0.15) is 25.6 Å². The van der Waals surface area contributed by atoms with Gasteiger partial charge in [0, 0.05) is 54.9 Å². The van der Waals surface area contributed by atoms with Crippen LogP contribution in [-0.2, 0) is 7.05 Å². The number of pyridine rings is 1. The van der Waals surface area contributed by atoms with E-state index >= 15 is 0 Å². The molecule has 2 aromatic heterocycles. The summed E-state index contributed by atoms with van der Waals surface area (Å²) in [4.78, 5) is 23.0. The molecule has 0 amide bonds. The van der Waals surface area contributed by atoms with Gasteiger partial charge < -0.3 is 20.0 Å². The molecule has 2 heterocycles. The second kappa shape index (κ2) is 9.56. The maximum Gasteiger partial charge on any atom is 0.261 e. The molecule has 1 aliphatic carbocycles. The van der Waals surface area contributed by atoms with Crippen LogP contribution in [0.4, 0.5) is 0 Å². The number of nitrogens with zero attached hydrogens (tertiary/aromatic N) is 3. The second-order valence-electron chi connectivity index (χ2n) is 7.79. The fraction of sp³-hybridized carbons (Fsp3) is 0.333. The number of ether oxygens (including phenoxy) is 1. The Balaban J connectivity index is 1.94. The van der Waals surface area contributed by atoms with Gasteiger partial charge in [-0.05, 0) is 42.7 Å². The molecule has 2 N–H and O–H groups in total. The fourth-order valence-electron chi connectivity index (χ4n) is 3.50. The number of allylic oxidation sites excluding steroid dienone is 1. The highest BCUT2D eigenvalue weighted by Gasteiger charge is 2.23. The number of rotatable bonds is 9. The smallest absolute Gasteiger partial charge is 0.261 e. The molecule has 1 aliphatic rings. The molecule has 32 heavy (non-hydrogen) atoms. The van der Waals surface area contributed by atoms with Crippen molar-refractivity contribution in [3.63, 3.8) is 0 Å². The van der Waals surface area contributed by atoms with Crippen molar-refractivity contribution in [2.45, 2.75) is 24.7 Å². The van der Waals surface area contributed by atoms with Gasteiger partial charge in [-0.3, -0.25) is 4.79 Å². The molecule has 8 heteroatoms. The number of hydrogen-bond acceptors (Lipinski definition) is 7. The average molecular weight is 450 g/mol.